The molecule has 4 rings (SSSR count). The molecule has 7 heteroatoms. The fourth-order valence-electron chi connectivity index (χ4n) is 4.68. The second-order valence-electron chi connectivity index (χ2n) is 8.15. The Morgan fingerprint density at radius 3 is 2.34 bits per heavy atom. The Labute approximate surface area is 169 Å². The van der Waals surface area contributed by atoms with Gasteiger partial charge in [-0.05, 0) is 30.5 Å². The molecule has 154 valence electrons. The molecule has 1 aromatic carbocycles. The maximum atomic E-state index is 13.6. The fraction of sp³-hybridized carbons (Fsp3) is 0.500. The van der Waals surface area contributed by atoms with E-state index in [4.69, 9.17) is 5.11 Å². The quantitative estimate of drug-likeness (QED) is 0.831. The van der Waals surface area contributed by atoms with Crippen LogP contribution >= 0.6 is 0 Å². The molecule has 1 aliphatic carbocycles. The van der Waals surface area contributed by atoms with Crippen molar-refractivity contribution < 1.29 is 19.8 Å². The smallest absolute Gasteiger partial charge is 0.407 e. The lowest BCUT2D eigenvalue weighted by Crippen LogP contribution is -2.54. The number of para-hydroxylation sites is 1. The van der Waals surface area contributed by atoms with E-state index < -0.39 is 17.6 Å². The topological polar surface area (TPSA) is 94.0 Å². The molecule has 1 saturated heterocycles. The Hall–Kier alpha value is -2.67. The van der Waals surface area contributed by atoms with Crippen LogP contribution in [0.5, 0.6) is 0 Å². The average molecular weight is 397 g/mol. The minimum Gasteiger partial charge on any atom is -0.465 e. The second-order valence-corrected chi connectivity index (χ2v) is 8.15. The molecule has 7 nitrogen and oxygen atoms in total. The molecule has 2 fully saturated rings. The number of aromatic nitrogens is 1. The summed E-state index contributed by atoms with van der Waals surface area (Å²) >= 11 is 0. The number of rotatable bonds is 3. The van der Waals surface area contributed by atoms with Crippen LogP contribution in [0.15, 0.2) is 36.5 Å². The molecule has 1 aliphatic heterocycles. The van der Waals surface area contributed by atoms with Crippen molar-refractivity contribution in [2.75, 3.05) is 26.2 Å². The van der Waals surface area contributed by atoms with Gasteiger partial charge >= 0.3 is 6.09 Å². The predicted molar refractivity (Wildman–Crippen MR) is 109 cm³/mol. The highest BCUT2D eigenvalue weighted by atomic mass is 16.4. The number of piperazine rings is 1. The van der Waals surface area contributed by atoms with Gasteiger partial charge in [0.25, 0.3) is 0 Å². The van der Waals surface area contributed by atoms with Crippen LogP contribution in [0.3, 0.4) is 0 Å². The van der Waals surface area contributed by atoms with Crippen molar-refractivity contribution in [1.29, 1.82) is 0 Å². The van der Waals surface area contributed by atoms with Crippen LogP contribution in [0.4, 0.5) is 4.79 Å². The molecule has 29 heavy (non-hydrogen) atoms. The molecular weight excluding hydrogens is 370 g/mol. The van der Waals surface area contributed by atoms with Crippen molar-refractivity contribution in [2.45, 2.75) is 43.6 Å². The van der Waals surface area contributed by atoms with Gasteiger partial charge < -0.3 is 20.0 Å². The molecule has 2 aliphatic rings. The molecule has 0 bridgehead atoms. The zero-order valence-corrected chi connectivity index (χ0v) is 16.5. The molecule has 1 saturated carbocycles. The first kappa shape index (κ1) is 19.6. The molecule has 2 heterocycles. The molecule has 2 aromatic rings. The number of carboxylic acid groups (broad SMARTS) is 1. The van der Waals surface area contributed by atoms with Crippen molar-refractivity contribution in [3.05, 3.63) is 42.1 Å². The van der Waals surface area contributed by atoms with Gasteiger partial charge in [0, 0.05) is 37.8 Å². The summed E-state index contributed by atoms with van der Waals surface area (Å²) in [7, 11) is 0. The van der Waals surface area contributed by atoms with E-state index in [1.165, 1.54) is 4.90 Å². The normalized spacial score (nSPS) is 20.4. The maximum Gasteiger partial charge on any atom is 0.407 e. The Balaban J connectivity index is 1.66. The summed E-state index contributed by atoms with van der Waals surface area (Å²) in [5.41, 5.74) is 0.496. The van der Waals surface area contributed by atoms with Crippen LogP contribution in [0.1, 0.15) is 43.6 Å². The monoisotopic (exact) mass is 397 g/mol. The predicted octanol–water partition coefficient (Wildman–Crippen LogP) is 2.84. The van der Waals surface area contributed by atoms with Crippen molar-refractivity contribution in [2.24, 2.45) is 0 Å². The van der Waals surface area contributed by atoms with E-state index in [1.54, 1.807) is 11.1 Å². The number of benzene rings is 1. The highest BCUT2D eigenvalue weighted by Crippen LogP contribution is 2.41. The van der Waals surface area contributed by atoms with Gasteiger partial charge in [-0.15, -0.1) is 0 Å². The Morgan fingerprint density at radius 2 is 1.66 bits per heavy atom. The first-order valence-corrected chi connectivity index (χ1v) is 10.3. The van der Waals surface area contributed by atoms with Gasteiger partial charge in [0.05, 0.1) is 17.0 Å². The van der Waals surface area contributed by atoms with E-state index >= 15 is 0 Å². The first-order chi connectivity index (χ1) is 14.0. The van der Waals surface area contributed by atoms with E-state index in [0.29, 0.717) is 39.0 Å². The molecular formula is C22H27N3O4. The number of nitrogens with zero attached hydrogens (tertiary/aromatic N) is 3. The van der Waals surface area contributed by atoms with Gasteiger partial charge in [-0.3, -0.25) is 9.78 Å². The minimum absolute atomic E-state index is 0.128. The summed E-state index contributed by atoms with van der Waals surface area (Å²) in [6.45, 7) is 1.28. The number of carbonyl (C=O) groups excluding carboxylic acids is 1. The third-order valence-electron chi connectivity index (χ3n) is 6.31. The number of amides is 2. The number of fused-ring (bicyclic) bond motifs is 1. The zero-order valence-electron chi connectivity index (χ0n) is 16.5. The largest absolute Gasteiger partial charge is 0.465 e. The minimum atomic E-state index is -1.09. The summed E-state index contributed by atoms with van der Waals surface area (Å²) in [5, 5.41) is 21.6. The molecule has 2 N–H and O–H groups in total. The van der Waals surface area contributed by atoms with Crippen LogP contribution in [0.2, 0.25) is 0 Å². The highest BCUT2D eigenvalue weighted by molar-refractivity contribution is 5.87. The van der Waals surface area contributed by atoms with E-state index in [9.17, 15) is 14.7 Å². The summed E-state index contributed by atoms with van der Waals surface area (Å²) in [6.07, 6.45) is 4.79. The Morgan fingerprint density at radius 1 is 1.00 bits per heavy atom. The lowest BCUT2D eigenvalue weighted by atomic mass is 9.72. The molecule has 1 atom stereocenters. The standard InChI is InChI=1S/C22H27N3O4/c26-20(24-10-12-25(13-11-24)21(27)28)19(22(29)8-4-1-5-9-22)17-14-16-6-2-3-7-18(16)23-15-17/h2-3,6-7,14-15,19,29H,1,4-5,8-13H2,(H,27,28). The van der Waals surface area contributed by atoms with Gasteiger partial charge in [0.15, 0.2) is 0 Å². The van der Waals surface area contributed by atoms with E-state index in [-0.39, 0.29) is 5.91 Å². The second kappa shape index (κ2) is 7.99. The van der Waals surface area contributed by atoms with Gasteiger partial charge in [-0.2, -0.15) is 0 Å². The van der Waals surface area contributed by atoms with Crippen LogP contribution in [-0.4, -0.2) is 68.8 Å². The number of hydrogen-bond acceptors (Lipinski definition) is 4. The summed E-state index contributed by atoms with van der Waals surface area (Å²) in [6, 6.07) is 9.71. The third-order valence-corrected chi connectivity index (χ3v) is 6.31. The van der Waals surface area contributed by atoms with Crippen molar-refractivity contribution in [3.63, 3.8) is 0 Å². The lowest BCUT2D eigenvalue weighted by Gasteiger charge is -2.42. The molecule has 2 amide bonds. The van der Waals surface area contributed by atoms with E-state index in [2.05, 4.69) is 4.98 Å². The van der Waals surface area contributed by atoms with Gasteiger partial charge in [-0.1, -0.05) is 37.5 Å². The molecule has 1 aromatic heterocycles. The maximum absolute atomic E-state index is 13.6. The van der Waals surface area contributed by atoms with Crippen LogP contribution in [-0.2, 0) is 4.79 Å². The number of hydrogen-bond donors (Lipinski definition) is 2. The molecule has 1 unspecified atom stereocenters. The Bertz CT molecular complexity index is 902. The molecule has 0 radical (unpaired) electrons. The van der Waals surface area contributed by atoms with Crippen molar-refractivity contribution in [3.8, 4) is 0 Å². The SMILES string of the molecule is O=C(O)N1CCN(C(=O)C(c2cnc3ccccc3c2)C2(O)CCCCC2)CC1. The van der Waals surface area contributed by atoms with Crippen LogP contribution in [0, 0.1) is 0 Å². The average Bonchev–Trinajstić information content (AvgIpc) is 2.74. The van der Waals surface area contributed by atoms with Crippen LogP contribution in [0.25, 0.3) is 10.9 Å². The van der Waals surface area contributed by atoms with Crippen molar-refractivity contribution in [1.82, 2.24) is 14.8 Å². The lowest BCUT2D eigenvalue weighted by molar-refractivity contribution is -0.143. The van der Waals surface area contributed by atoms with E-state index in [0.717, 1.165) is 35.7 Å². The number of pyridine rings is 1. The summed E-state index contributed by atoms with van der Waals surface area (Å²) in [5.74, 6) is -0.812. The van der Waals surface area contributed by atoms with Gasteiger partial charge in [0.1, 0.15) is 0 Å². The van der Waals surface area contributed by atoms with E-state index in [1.807, 2.05) is 30.3 Å². The van der Waals surface area contributed by atoms with Gasteiger partial charge in [0.2, 0.25) is 5.91 Å². The third kappa shape index (κ3) is 3.92. The van der Waals surface area contributed by atoms with Crippen LogP contribution < -0.4 is 0 Å². The first-order valence-electron chi connectivity index (χ1n) is 10.3. The van der Waals surface area contributed by atoms with Gasteiger partial charge in [-0.25, -0.2) is 4.79 Å². The Kier molecular flexibility index (Phi) is 5.41. The highest BCUT2D eigenvalue weighted by Gasteiger charge is 2.45. The van der Waals surface area contributed by atoms with Crippen molar-refractivity contribution >= 4 is 22.9 Å². The summed E-state index contributed by atoms with van der Waals surface area (Å²) in [4.78, 5) is 32.3. The number of carbonyl (C=O) groups is 2. The zero-order chi connectivity index (χ0) is 20.4. The fourth-order valence-corrected chi connectivity index (χ4v) is 4.68. The molecule has 0 spiro atoms. The summed E-state index contributed by atoms with van der Waals surface area (Å²) < 4.78 is 0. The number of aliphatic hydroxyl groups is 1.